The van der Waals surface area contributed by atoms with Crippen LogP contribution in [0.5, 0.6) is 0 Å². The van der Waals surface area contributed by atoms with Crippen LogP contribution >= 0.6 is 0 Å². The molecule has 1 heterocycles. The van der Waals surface area contributed by atoms with Crippen molar-refractivity contribution >= 4 is 12.0 Å². The second-order valence-corrected chi connectivity index (χ2v) is 6.42. The van der Waals surface area contributed by atoms with Gasteiger partial charge in [0.1, 0.15) is 0 Å². The van der Waals surface area contributed by atoms with Crippen molar-refractivity contribution in [2.45, 2.75) is 63.5 Å². The molecule has 0 unspecified atom stereocenters. The predicted octanol–water partition coefficient (Wildman–Crippen LogP) is 1.56. The van der Waals surface area contributed by atoms with Gasteiger partial charge in [-0.1, -0.05) is 6.92 Å². The predicted molar refractivity (Wildman–Crippen MR) is 80.3 cm³/mol. The molecule has 120 valence electrons. The van der Waals surface area contributed by atoms with E-state index in [0.717, 1.165) is 58.2 Å². The summed E-state index contributed by atoms with van der Waals surface area (Å²) in [6.45, 7) is 5.36. The Morgan fingerprint density at radius 1 is 1.29 bits per heavy atom. The summed E-state index contributed by atoms with van der Waals surface area (Å²) in [7, 11) is 0. The monoisotopic (exact) mass is 297 g/mol. The fourth-order valence-corrected chi connectivity index (χ4v) is 3.32. The lowest BCUT2D eigenvalue weighted by molar-refractivity contribution is -0.139. The van der Waals surface area contributed by atoms with Crippen LogP contribution in [0.25, 0.3) is 0 Å². The highest BCUT2D eigenvalue weighted by molar-refractivity contribution is 5.77. The van der Waals surface area contributed by atoms with Crippen LogP contribution in [0.4, 0.5) is 4.79 Å². The van der Waals surface area contributed by atoms with Gasteiger partial charge in [-0.15, -0.1) is 0 Å². The second kappa shape index (κ2) is 7.11. The number of piperidine rings is 1. The molecule has 2 amide bonds. The van der Waals surface area contributed by atoms with E-state index in [0.29, 0.717) is 0 Å². The number of rotatable bonds is 6. The Bertz CT molecular complexity index is 374. The number of nitrogens with one attached hydrogen (secondary N) is 2. The van der Waals surface area contributed by atoms with E-state index in [2.05, 4.69) is 22.5 Å². The molecule has 3 N–H and O–H groups in total. The Morgan fingerprint density at radius 2 is 1.95 bits per heavy atom. The van der Waals surface area contributed by atoms with E-state index in [1.54, 1.807) is 0 Å². The molecule has 6 heteroatoms. The average Bonchev–Trinajstić information content (AvgIpc) is 2.38. The summed E-state index contributed by atoms with van der Waals surface area (Å²) in [5.41, 5.74) is -0.515. The van der Waals surface area contributed by atoms with Gasteiger partial charge in [0.15, 0.2) is 0 Å². The minimum absolute atomic E-state index is 0.0232. The molecule has 1 saturated heterocycles. The maximum atomic E-state index is 12.1. The number of hydrogen-bond acceptors (Lipinski definition) is 3. The Kier molecular flexibility index (Phi) is 5.45. The van der Waals surface area contributed by atoms with E-state index >= 15 is 0 Å². The standard InChI is InChI=1S/C15H27N3O3/c1-2-8-18-9-4-12(5-10-18)16-14(21)17-15(6-3-7-15)11-13(19)20/h12H,2-11H2,1H3,(H,19,20)(H2,16,17,21). The lowest BCUT2D eigenvalue weighted by Gasteiger charge is -2.42. The molecular formula is C15H27N3O3. The van der Waals surface area contributed by atoms with Crippen LogP contribution in [-0.4, -0.2) is 53.2 Å². The molecular weight excluding hydrogens is 270 g/mol. The van der Waals surface area contributed by atoms with Crippen molar-refractivity contribution in [3.63, 3.8) is 0 Å². The van der Waals surface area contributed by atoms with Crippen LogP contribution < -0.4 is 10.6 Å². The van der Waals surface area contributed by atoms with Crippen molar-refractivity contribution in [3.8, 4) is 0 Å². The van der Waals surface area contributed by atoms with E-state index in [1.807, 2.05) is 0 Å². The molecule has 0 spiro atoms. The minimum atomic E-state index is -0.845. The second-order valence-electron chi connectivity index (χ2n) is 6.42. The molecule has 6 nitrogen and oxygen atoms in total. The van der Waals surface area contributed by atoms with Crippen LogP contribution in [-0.2, 0) is 4.79 Å². The van der Waals surface area contributed by atoms with Gasteiger partial charge < -0.3 is 20.6 Å². The number of urea groups is 1. The van der Waals surface area contributed by atoms with E-state index in [9.17, 15) is 9.59 Å². The number of amides is 2. The molecule has 1 aliphatic carbocycles. The first-order chi connectivity index (χ1) is 10.0. The minimum Gasteiger partial charge on any atom is -0.481 e. The van der Waals surface area contributed by atoms with Crippen molar-refractivity contribution in [1.29, 1.82) is 0 Å². The first-order valence-corrected chi connectivity index (χ1v) is 8.06. The van der Waals surface area contributed by atoms with Crippen LogP contribution in [0.1, 0.15) is 51.9 Å². The third-order valence-corrected chi connectivity index (χ3v) is 4.64. The number of hydrogen-bond donors (Lipinski definition) is 3. The van der Waals surface area contributed by atoms with Crippen molar-refractivity contribution < 1.29 is 14.7 Å². The highest BCUT2D eigenvalue weighted by Gasteiger charge is 2.40. The molecule has 2 fully saturated rings. The fraction of sp³-hybridized carbons (Fsp3) is 0.867. The van der Waals surface area contributed by atoms with Crippen molar-refractivity contribution in [2.75, 3.05) is 19.6 Å². The molecule has 0 aromatic heterocycles. The van der Waals surface area contributed by atoms with E-state index in [1.165, 1.54) is 0 Å². The number of carbonyl (C=O) groups excluding carboxylic acids is 1. The van der Waals surface area contributed by atoms with Crippen molar-refractivity contribution in [3.05, 3.63) is 0 Å². The maximum absolute atomic E-state index is 12.1. The number of carbonyl (C=O) groups is 2. The normalized spacial score (nSPS) is 22.3. The number of nitrogens with zero attached hydrogens (tertiary/aromatic N) is 1. The topological polar surface area (TPSA) is 81.7 Å². The molecule has 1 aliphatic heterocycles. The van der Waals surface area contributed by atoms with Crippen LogP contribution in [0.3, 0.4) is 0 Å². The third kappa shape index (κ3) is 4.59. The molecule has 2 aliphatic rings. The van der Waals surface area contributed by atoms with Gasteiger partial charge in [0.2, 0.25) is 0 Å². The molecule has 0 aromatic carbocycles. The summed E-state index contributed by atoms with van der Waals surface area (Å²) in [6.07, 6.45) is 5.65. The highest BCUT2D eigenvalue weighted by Crippen LogP contribution is 2.34. The zero-order valence-corrected chi connectivity index (χ0v) is 12.9. The highest BCUT2D eigenvalue weighted by atomic mass is 16.4. The smallest absolute Gasteiger partial charge is 0.315 e. The zero-order valence-electron chi connectivity index (χ0n) is 12.9. The van der Waals surface area contributed by atoms with Crippen molar-refractivity contribution in [1.82, 2.24) is 15.5 Å². The van der Waals surface area contributed by atoms with Crippen LogP contribution in [0, 0.1) is 0 Å². The Hall–Kier alpha value is -1.30. The quantitative estimate of drug-likeness (QED) is 0.695. The number of likely N-dealkylation sites (tertiary alicyclic amines) is 1. The Labute approximate surface area is 126 Å². The number of carboxylic acids is 1. The van der Waals surface area contributed by atoms with Crippen LogP contribution in [0.15, 0.2) is 0 Å². The summed E-state index contributed by atoms with van der Waals surface area (Å²) in [4.78, 5) is 25.4. The van der Waals surface area contributed by atoms with Crippen LogP contribution in [0.2, 0.25) is 0 Å². The molecule has 0 atom stereocenters. The molecule has 0 radical (unpaired) electrons. The number of carboxylic acid groups (broad SMARTS) is 1. The van der Waals surface area contributed by atoms with Crippen molar-refractivity contribution in [2.24, 2.45) is 0 Å². The lowest BCUT2D eigenvalue weighted by Crippen LogP contribution is -2.59. The van der Waals surface area contributed by atoms with Gasteiger partial charge in [-0.2, -0.15) is 0 Å². The summed E-state index contributed by atoms with van der Waals surface area (Å²) >= 11 is 0. The van der Waals surface area contributed by atoms with Gasteiger partial charge in [0.05, 0.1) is 12.0 Å². The largest absolute Gasteiger partial charge is 0.481 e. The third-order valence-electron chi connectivity index (χ3n) is 4.64. The molecule has 21 heavy (non-hydrogen) atoms. The first kappa shape index (κ1) is 16.1. The lowest BCUT2D eigenvalue weighted by atomic mass is 9.74. The number of aliphatic carboxylic acids is 1. The van der Waals surface area contributed by atoms with Gasteiger partial charge in [-0.05, 0) is 45.1 Å². The first-order valence-electron chi connectivity index (χ1n) is 8.06. The van der Waals surface area contributed by atoms with Gasteiger partial charge >= 0.3 is 12.0 Å². The van der Waals surface area contributed by atoms with Gasteiger partial charge in [0, 0.05) is 19.1 Å². The van der Waals surface area contributed by atoms with E-state index in [4.69, 9.17) is 5.11 Å². The molecule has 0 aromatic rings. The Morgan fingerprint density at radius 3 is 2.43 bits per heavy atom. The SMILES string of the molecule is CCCN1CCC(NC(=O)NC2(CC(=O)O)CCC2)CC1. The van der Waals surface area contributed by atoms with E-state index < -0.39 is 11.5 Å². The average molecular weight is 297 g/mol. The Balaban J connectivity index is 1.73. The fourth-order valence-electron chi connectivity index (χ4n) is 3.32. The van der Waals surface area contributed by atoms with Gasteiger partial charge in [-0.3, -0.25) is 4.79 Å². The van der Waals surface area contributed by atoms with E-state index in [-0.39, 0.29) is 18.5 Å². The molecule has 1 saturated carbocycles. The molecule has 0 bridgehead atoms. The molecule has 2 rings (SSSR count). The van der Waals surface area contributed by atoms with Gasteiger partial charge in [-0.25, -0.2) is 4.79 Å². The van der Waals surface area contributed by atoms with Gasteiger partial charge in [0.25, 0.3) is 0 Å². The summed E-state index contributed by atoms with van der Waals surface area (Å²) in [5.74, 6) is -0.845. The summed E-state index contributed by atoms with van der Waals surface area (Å²) in [5, 5.41) is 14.9. The summed E-state index contributed by atoms with van der Waals surface area (Å²) in [6, 6.07) is 0.00459. The zero-order chi connectivity index (χ0) is 15.3. The summed E-state index contributed by atoms with van der Waals surface area (Å²) < 4.78 is 0. The maximum Gasteiger partial charge on any atom is 0.315 e.